The number of allylic oxidation sites excluding steroid dienone is 4. The van der Waals surface area contributed by atoms with Gasteiger partial charge in [0, 0.05) is 23.7 Å². The van der Waals surface area contributed by atoms with Gasteiger partial charge in [-0.2, -0.15) is 5.10 Å². The summed E-state index contributed by atoms with van der Waals surface area (Å²) in [6, 6.07) is 4.78. The van der Waals surface area contributed by atoms with Crippen LogP contribution in [0.4, 0.5) is 4.79 Å². The minimum atomic E-state index is -1.23. The lowest BCUT2D eigenvalue weighted by Crippen LogP contribution is -2.55. The molecule has 0 spiro atoms. The van der Waals surface area contributed by atoms with E-state index in [0.29, 0.717) is 42.9 Å². The largest absolute Gasteiger partial charge is 0.497 e. The summed E-state index contributed by atoms with van der Waals surface area (Å²) in [5, 5.41) is 11.6. The highest BCUT2D eigenvalue weighted by Gasteiger charge is 2.48. The van der Waals surface area contributed by atoms with Gasteiger partial charge in [0.2, 0.25) is 0 Å². The van der Waals surface area contributed by atoms with Crippen molar-refractivity contribution in [3.8, 4) is 5.75 Å². The predicted molar refractivity (Wildman–Crippen MR) is 130 cm³/mol. The number of hydrogen-bond donors (Lipinski definition) is 3. The molecule has 3 heterocycles. The number of nitrogens with one attached hydrogen (secondary N) is 3. The molecule has 2 aromatic rings. The van der Waals surface area contributed by atoms with Crippen LogP contribution in [0, 0.1) is 12.8 Å². The molecule has 188 valence electrons. The Labute approximate surface area is 207 Å². The molecule has 1 aromatic carbocycles. The molecule has 0 radical (unpaired) electrons. The maximum atomic E-state index is 13.1. The first-order valence-electron chi connectivity index (χ1n) is 11.8. The quantitative estimate of drug-likeness (QED) is 0.503. The number of amides is 4. The third-order valence-corrected chi connectivity index (χ3v) is 7.21. The average Bonchev–Trinajstić information content (AvgIpc) is 3.45. The lowest BCUT2D eigenvalue weighted by atomic mass is 9.85. The van der Waals surface area contributed by atoms with Gasteiger partial charge in [0.25, 0.3) is 11.8 Å². The van der Waals surface area contributed by atoms with Gasteiger partial charge in [-0.15, -0.1) is 0 Å². The molecule has 36 heavy (non-hydrogen) atoms. The molecular weight excluding hydrogens is 464 g/mol. The van der Waals surface area contributed by atoms with Gasteiger partial charge in [0.1, 0.15) is 17.1 Å². The minimum absolute atomic E-state index is 0.0617. The molecule has 1 aromatic heterocycles. The van der Waals surface area contributed by atoms with Crippen LogP contribution in [0.5, 0.6) is 5.75 Å². The number of methoxy groups -OCH3 is 1. The van der Waals surface area contributed by atoms with Gasteiger partial charge in [-0.25, -0.2) is 14.7 Å². The Morgan fingerprint density at radius 1 is 1.19 bits per heavy atom. The second-order valence-electron chi connectivity index (χ2n) is 9.61. The zero-order valence-electron chi connectivity index (χ0n) is 20.4. The van der Waals surface area contributed by atoms with Crippen LogP contribution in [0.1, 0.15) is 47.9 Å². The van der Waals surface area contributed by atoms with E-state index in [2.05, 4.69) is 20.8 Å². The number of aromatic amines is 1. The van der Waals surface area contributed by atoms with Gasteiger partial charge < -0.3 is 15.0 Å². The number of rotatable bonds is 7. The zero-order chi connectivity index (χ0) is 25.6. The predicted octanol–water partition coefficient (Wildman–Crippen LogP) is 1.71. The molecule has 11 nitrogen and oxygen atoms in total. The van der Waals surface area contributed by atoms with Gasteiger partial charge in [-0.3, -0.25) is 19.5 Å². The standard InChI is InChI=1S/C25H28N6O5/c1-14-10-16(4-7-20(14)31-15(2)28-29-24(31)35)8-9-25(22(33)26-23(34)27-25)13-30-12-17-5-6-18(36-3)11-19(17)21(30)32/h4-7,11,14H,8-10,12-13H2,1-3H3,(H,29,35)(H2,26,27,33,34)/t14?,25-/m1/s1. The van der Waals surface area contributed by atoms with Gasteiger partial charge in [0.15, 0.2) is 0 Å². The first-order valence-corrected chi connectivity index (χ1v) is 11.8. The molecule has 1 fully saturated rings. The van der Waals surface area contributed by atoms with E-state index in [1.54, 1.807) is 35.6 Å². The number of fused-ring (bicyclic) bond motifs is 1. The first-order chi connectivity index (χ1) is 17.2. The maximum Gasteiger partial charge on any atom is 0.347 e. The molecule has 11 heteroatoms. The van der Waals surface area contributed by atoms with Crippen LogP contribution in [0.25, 0.3) is 5.70 Å². The van der Waals surface area contributed by atoms with Gasteiger partial charge in [0.05, 0.1) is 13.7 Å². The fourth-order valence-corrected chi connectivity index (χ4v) is 5.28. The maximum absolute atomic E-state index is 13.1. The number of hydrogen-bond acceptors (Lipinski definition) is 6. The number of imide groups is 1. The van der Waals surface area contributed by atoms with Crippen LogP contribution in [-0.4, -0.2) is 56.7 Å². The molecule has 0 saturated carbocycles. The van der Waals surface area contributed by atoms with Crippen LogP contribution < -0.4 is 21.1 Å². The molecule has 0 bridgehead atoms. The minimum Gasteiger partial charge on any atom is -0.497 e. The summed E-state index contributed by atoms with van der Waals surface area (Å²) in [6.07, 6.45) is 5.44. The van der Waals surface area contributed by atoms with Crippen molar-refractivity contribution in [2.75, 3.05) is 13.7 Å². The molecule has 2 atom stereocenters. The molecule has 1 saturated heterocycles. The van der Waals surface area contributed by atoms with Crippen LogP contribution in [0.2, 0.25) is 0 Å². The summed E-state index contributed by atoms with van der Waals surface area (Å²) in [6.45, 7) is 4.22. The van der Waals surface area contributed by atoms with Crippen LogP contribution >= 0.6 is 0 Å². The third-order valence-electron chi connectivity index (χ3n) is 7.21. The first kappa shape index (κ1) is 23.6. The highest BCUT2D eigenvalue weighted by molar-refractivity contribution is 6.08. The number of aromatic nitrogens is 3. The molecule has 1 aliphatic carbocycles. The Bertz CT molecular complexity index is 1390. The van der Waals surface area contributed by atoms with Crippen molar-refractivity contribution in [3.63, 3.8) is 0 Å². The van der Waals surface area contributed by atoms with E-state index in [9.17, 15) is 19.2 Å². The van der Waals surface area contributed by atoms with E-state index in [0.717, 1.165) is 16.8 Å². The van der Waals surface area contributed by atoms with E-state index in [4.69, 9.17) is 4.74 Å². The summed E-state index contributed by atoms with van der Waals surface area (Å²) in [7, 11) is 1.54. The molecule has 4 amide bonds. The lowest BCUT2D eigenvalue weighted by Gasteiger charge is -2.32. The Hall–Kier alpha value is -4.15. The number of benzene rings is 1. The van der Waals surface area contributed by atoms with Crippen molar-refractivity contribution in [1.29, 1.82) is 0 Å². The normalized spacial score (nSPS) is 23.2. The lowest BCUT2D eigenvalue weighted by molar-refractivity contribution is -0.124. The van der Waals surface area contributed by atoms with E-state index in [-0.39, 0.29) is 24.1 Å². The molecule has 1 unspecified atom stereocenters. The van der Waals surface area contributed by atoms with E-state index >= 15 is 0 Å². The Morgan fingerprint density at radius 3 is 2.64 bits per heavy atom. The Kier molecular flexibility index (Phi) is 5.77. The van der Waals surface area contributed by atoms with Crippen molar-refractivity contribution in [2.45, 2.75) is 45.2 Å². The van der Waals surface area contributed by atoms with Crippen molar-refractivity contribution in [1.82, 2.24) is 30.3 Å². The number of carbonyl (C=O) groups is 3. The van der Waals surface area contributed by atoms with Crippen molar-refractivity contribution >= 4 is 23.5 Å². The second kappa shape index (κ2) is 8.81. The summed E-state index contributed by atoms with van der Waals surface area (Å²) in [5.41, 5.74) is 1.83. The Morgan fingerprint density at radius 2 is 2.00 bits per heavy atom. The summed E-state index contributed by atoms with van der Waals surface area (Å²) >= 11 is 0. The van der Waals surface area contributed by atoms with Gasteiger partial charge in [-0.1, -0.05) is 24.6 Å². The van der Waals surface area contributed by atoms with E-state index < -0.39 is 17.5 Å². The third kappa shape index (κ3) is 4.00. The van der Waals surface area contributed by atoms with E-state index in [1.807, 2.05) is 25.1 Å². The number of ether oxygens (including phenoxy) is 1. The number of urea groups is 1. The Balaban J connectivity index is 1.35. The van der Waals surface area contributed by atoms with Crippen LogP contribution in [0.3, 0.4) is 0 Å². The fourth-order valence-electron chi connectivity index (χ4n) is 5.28. The summed E-state index contributed by atoms with van der Waals surface area (Å²) < 4.78 is 6.80. The molecule has 3 N–H and O–H groups in total. The summed E-state index contributed by atoms with van der Waals surface area (Å²) in [4.78, 5) is 51.9. The average molecular weight is 493 g/mol. The van der Waals surface area contributed by atoms with Crippen LogP contribution in [0.15, 0.2) is 40.7 Å². The SMILES string of the molecule is COc1ccc2c(c1)C(=O)N(C[C@@]1(CCC3=CC=C(n4c(C)n[nH]c4=O)C(C)C3)NC(=O)NC1=O)C2. The second-order valence-corrected chi connectivity index (χ2v) is 9.61. The topological polar surface area (TPSA) is 138 Å². The highest BCUT2D eigenvalue weighted by Crippen LogP contribution is 2.34. The molecule has 5 rings (SSSR count). The van der Waals surface area contributed by atoms with Crippen molar-refractivity contribution in [3.05, 3.63) is 63.4 Å². The van der Waals surface area contributed by atoms with E-state index in [1.165, 1.54) is 0 Å². The van der Waals surface area contributed by atoms with Crippen LogP contribution in [-0.2, 0) is 11.3 Å². The molecular formula is C25H28N6O5. The highest BCUT2D eigenvalue weighted by atomic mass is 16.5. The summed E-state index contributed by atoms with van der Waals surface area (Å²) in [5.74, 6) is 0.607. The van der Waals surface area contributed by atoms with Crippen molar-refractivity contribution < 1.29 is 19.1 Å². The number of H-pyrrole nitrogens is 1. The monoisotopic (exact) mass is 492 g/mol. The fraction of sp³-hybridized carbons (Fsp3) is 0.400. The zero-order valence-corrected chi connectivity index (χ0v) is 20.4. The van der Waals surface area contributed by atoms with Gasteiger partial charge in [-0.05, 0) is 50.0 Å². The number of carbonyl (C=O) groups excluding carboxylic acids is 3. The molecule has 2 aliphatic heterocycles. The smallest absolute Gasteiger partial charge is 0.347 e. The van der Waals surface area contributed by atoms with Crippen molar-refractivity contribution in [2.24, 2.45) is 5.92 Å². The number of nitrogens with zero attached hydrogens (tertiary/aromatic N) is 3. The molecule has 3 aliphatic rings. The van der Waals surface area contributed by atoms with Gasteiger partial charge >= 0.3 is 11.7 Å². The number of aryl methyl sites for hydroxylation is 1.